The van der Waals surface area contributed by atoms with Crippen LogP contribution in [0.4, 0.5) is 0 Å². The average Bonchev–Trinajstić information content (AvgIpc) is 2.98. The van der Waals surface area contributed by atoms with Gasteiger partial charge < -0.3 is 19.3 Å². The predicted octanol–water partition coefficient (Wildman–Crippen LogP) is 1.94. The van der Waals surface area contributed by atoms with Gasteiger partial charge in [0.2, 0.25) is 5.37 Å². The zero-order valence-electron chi connectivity index (χ0n) is 20.6. The van der Waals surface area contributed by atoms with E-state index in [1.165, 1.54) is 0 Å². The number of β-lactam (4-membered cyclic amide) rings is 1. The third kappa shape index (κ3) is 5.44. The molecule has 0 bridgehead atoms. The van der Waals surface area contributed by atoms with Crippen LogP contribution in [0, 0.1) is 0 Å². The lowest BCUT2D eigenvalue weighted by atomic mass is 9.97. The Labute approximate surface area is 227 Å². The van der Waals surface area contributed by atoms with E-state index in [0.717, 1.165) is 4.90 Å². The van der Waals surface area contributed by atoms with Crippen LogP contribution in [0.3, 0.4) is 0 Å². The molecule has 2 amide bonds. The highest BCUT2D eigenvalue weighted by molar-refractivity contribution is 7.92. The van der Waals surface area contributed by atoms with Gasteiger partial charge in [-0.1, -0.05) is 78.9 Å². The molecule has 2 saturated heterocycles. The van der Waals surface area contributed by atoms with Crippen LogP contribution in [0.1, 0.15) is 17.2 Å². The van der Waals surface area contributed by atoms with Crippen molar-refractivity contribution in [1.29, 1.82) is 0 Å². The molecule has 2 aliphatic heterocycles. The van der Waals surface area contributed by atoms with Crippen LogP contribution in [0.25, 0.3) is 0 Å². The van der Waals surface area contributed by atoms with E-state index >= 15 is 0 Å². The van der Waals surface area contributed by atoms with Gasteiger partial charge in [0.25, 0.3) is 11.8 Å². The minimum absolute atomic E-state index is 0.139. The molecule has 2 fully saturated rings. The van der Waals surface area contributed by atoms with Crippen molar-refractivity contribution in [1.82, 2.24) is 10.2 Å². The van der Waals surface area contributed by atoms with E-state index in [0.29, 0.717) is 16.9 Å². The molecule has 0 spiro atoms. The number of benzene rings is 3. The zero-order valence-corrected chi connectivity index (χ0v) is 21.4. The summed E-state index contributed by atoms with van der Waals surface area (Å²) in [4.78, 5) is 52.0. The maximum Gasteiger partial charge on any atom is 0.335 e. The van der Waals surface area contributed by atoms with E-state index in [1.54, 1.807) is 60.5 Å². The Morgan fingerprint density at radius 3 is 2.10 bits per heavy atom. The van der Waals surface area contributed by atoms with Gasteiger partial charge >= 0.3 is 5.97 Å². The molecular weight excluding hydrogens is 520 g/mol. The lowest BCUT2D eigenvalue weighted by Crippen LogP contribution is -2.79. The van der Waals surface area contributed by atoms with Crippen LogP contribution in [-0.2, 0) is 35.1 Å². The van der Waals surface area contributed by atoms with Gasteiger partial charge in [0.15, 0.2) is 24.8 Å². The Hall–Kier alpha value is -4.37. The zero-order chi connectivity index (χ0) is 27.4. The van der Waals surface area contributed by atoms with E-state index in [1.807, 2.05) is 36.4 Å². The van der Waals surface area contributed by atoms with Crippen LogP contribution >= 0.6 is 0 Å². The summed E-state index contributed by atoms with van der Waals surface area (Å²) < 4.78 is 24.3. The van der Waals surface area contributed by atoms with Gasteiger partial charge in [-0.3, -0.25) is 14.5 Å². The maximum absolute atomic E-state index is 13.5. The number of rotatable bonds is 8. The number of nitrogens with one attached hydrogen (secondary N) is 1. The molecule has 3 aromatic carbocycles. The Morgan fingerprint density at radius 2 is 1.54 bits per heavy atom. The first-order chi connectivity index (χ1) is 19.0. The second-order valence-corrected chi connectivity index (χ2v) is 10.5. The molecule has 2 heterocycles. The predicted molar refractivity (Wildman–Crippen MR) is 141 cm³/mol. The molecule has 0 aliphatic carbocycles. The molecule has 10 heteroatoms. The summed E-state index contributed by atoms with van der Waals surface area (Å²) in [7, 11) is 0. The third-order valence-corrected chi connectivity index (χ3v) is 8.11. The Morgan fingerprint density at radius 1 is 0.974 bits per heavy atom. The highest BCUT2D eigenvalue weighted by Crippen LogP contribution is 2.37. The van der Waals surface area contributed by atoms with Crippen LogP contribution in [0.15, 0.2) is 96.6 Å². The van der Waals surface area contributed by atoms with E-state index < -0.39 is 52.5 Å². The van der Waals surface area contributed by atoms with Gasteiger partial charge in [0.05, 0.1) is 5.57 Å². The molecule has 2 aliphatic rings. The van der Waals surface area contributed by atoms with Crippen molar-refractivity contribution in [3.05, 3.63) is 108 Å². The van der Waals surface area contributed by atoms with E-state index in [4.69, 9.17) is 9.47 Å². The molecule has 39 heavy (non-hydrogen) atoms. The first kappa shape index (κ1) is 26.2. The molecule has 3 aromatic rings. The second kappa shape index (κ2) is 11.6. The normalized spacial score (nSPS) is 21.8. The van der Waals surface area contributed by atoms with Crippen molar-refractivity contribution in [2.75, 3.05) is 12.4 Å². The SMILES string of the molecule is O=C=C1C[S+]([O-])[C@H]2[C@@H](NC(=O)COc3ccccc3)C(=O)N2C1C(=O)OC(c1ccccc1)c1ccccc1. The lowest BCUT2D eigenvalue weighted by molar-refractivity contribution is -0.166. The molecule has 0 saturated carbocycles. The van der Waals surface area contributed by atoms with Gasteiger partial charge in [-0.05, 0) is 34.4 Å². The summed E-state index contributed by atoms with van der Waals surface area (Å²) in [5.74, 6) is -0.186. The van der Waals surface area contributed by atoms with E-state index in [2.05, 4.69) is 5.32 Å². The molecule has 5 rings (SSSR count). The number of carbonyl (C=O) groups is 3. The Kier molecular flexibility index (Phi) is 7.79. The van der Waals surface area contributed by atoms with Gasteiger partial charge in [0, 0.05) is 0 Å². The summed E-state index contributed by atoms with van der Waals surface area (Å²) in [6, 6.07) is 24.3. The molecule has 0 radical (unpaired) electrons. The third-order valence-electron chi connectivity index (χ3n) is 6.48. The fraction of sp³-hybridized carbons (Fsp3) is 0.207. The standard InChI is InChI=1S/C29H24N2O7S/c32-16-21-18-39(36)28-24(30-23(33)17-37-22-14-8-3-9-15-22)27(34)31(28)25(21)29(35)38-26(19-10-4-1-5-11-19)20-12-6-2-7-13-20/h1-15,24-26,28H,17-18H2,(H,30,33)/t24-,25?,28-,39?/m0/s1. The van der Waals surface area contributed by atoms with Crippen LogP contribution in [0.5, 0.6) is 5.75 Å². The summed E-state index contributed by atoms with van der Waals surface area (Å²) >= 11 is -1.74. The fourth-order valence-corrected chi connectivity index (χ4v) is 6.31. The largest absolute Gasteiger partial charge is 0.614 e. The van der Waals surface area contributed by atoms with E-state index in [9.17, 15) is 23.7 Å². The fourth-order valence-electron chi connectivity index (χ4n) is 4.64. The summed E-state index contributed by atoms with van der Waals surface area (Å²) in [5.41, 5.74) is 1.26. The van der Waals surface area contributed by atoms with E-state index in [-0.39, 0.29) is 17.9 Å². The Balaban J connectivity index is 1.33. The molecule has 1 N–H and O–H groups in total. The van der Waals surface area contributed by atoms with Gasteiger partial charge in [-0.2, -0.15) is 0 Å². The van der Waals surface area contributed by atoms with Crippen LogP contribution in [0.2, 0.25) is 0 Å². The topological polar surface area (TPSA) is 125 Å². The number of ether oxygens (including phenoxy) is 2. The number of fused-ring (bicyclic) bond motifs is 1. The van der Waals surface area contributed by atoms with Crippen molar-refractivity contribution in [2.45, 2.75) is 23.6 Å². The molecule has 0 aromatic heterocycles. The minimum Gasteiger partial charge on any atom is -0.614 e. The summed E-state index contributed by atoms with van der Waals surface area (Å²) in [5, 5.41) is 1.54. The van der Waals surface area contributed by atoms with Gasteiger partial charge in [0.1, 0.15) is 17.4 Å². The number of carbonyl (C=O) groups excluding carboxylic acids is 4. The number of hydrogen-bond acceptors (Lipinski definition) is 7. The smallest absolute Gasteiger partial charge is 0.335 e. The van der Waals surface area contributed by atoms with Gasteiger partial charge in [-0.25, -0.2) is 9.59 Å². The highest BCUT2D eigenvalue weighted by Gasteiger charge is 2.64. The quantitative estimate of drug-likeness (QED) is 0.199. The van der Waals surface area contributed by atoms with Crippen molar-refractivity contribution in [3.8, 4) is 5.75 Å². The number of nitrogens with zero attached hydrogens (tertiary/aromatic N) is 1. The lowest BCUT2D eigenvalue weighted by Gasteiger charge is -2.51. The molecule has 198 valence electrons. The number of esters is 1. The maximum atomic E-state index is 13.5. The average molecular weight is 545 g/mol. The number of para-hydroxylation sites is 1. The molecule has 4 atom stereocenters. The van der Waals surface area contributed by atoms with Crippen molar-refractivity contribution >= 4 is 34.9 Å². The highest BCUT2D eigenvalue weighted by atomic mass is 32.2. The molecule has 9 nitrogen and oxygen atoms in total. The molecular formula is C29H24N2O7S. The number of hydrogen-bond donors (Lipinski definition) is 1. The van der Waals surface area contributed by atoms with Crippen molar-refractivity contribution in [2.24, 2.45) is 0 Å². The number of amides is 2. The van der Waals surface area contributed by atoms with Crippen molar-refractivity contribution < 1.29 is 33.2 Å². The Bertz CT molecular complexity index is 1360. The summed E-state index contributed by atoms with van der Waals surface area (Å²) in [6.07, 6.45) is -0.805. The second-order valence-electron chi connectivity index (χ2n) is 8.98. The molecule has 2 unspecified atom stereocenters. The first-order valence-electron chi connectivity index (χ1n) is 12.2. The first-order valence-corrected chi connectivity index (χ1v) is 13.6. The monoisotopic (exact) mass is 544 g/mol. The summed E-state index contributed by atoms with van der Waals surface area (Å²) in [6.45, 7) is -0.353. The van der Waals surface area contributed by atoms with Crippen LogP contribution < -0.4 is 10.1 Å². The van der Waals surface area contributed by atoms with Crippen LogP contribution in [-0.4, -0.2) is 63.0 Å². The van der Waals surface area contributed by atoms with Crippen molar-refractivity contribution in [3.63, 3.8) is 0 Å². The van der Waals surface area contributed by atoms with Gasteiger partial charge in [-0.15, -0.1) is 0 Å². The minimum atomic E-state index is -1.74.